The van der Waals surface area contributed by atoms with Gasteiger partial charge in [-0.1, -0.05) is 48.5 Å². The number of rotatable bonds is 15. The fraction of sp³-hybridized carbons (Fsp3) is 0.323. The summed E-state index contributed by atoms with van der Waals surface area (Å²) in [5, 5.41) is 2.61. The van der Waals surface area contributed by atoms with Gasteiger partial charge >= 0.3 is 0 Å². The summed E-state index contributed by atoms with van der Waals surface area (Å²) in [5.41, 5.74) is 8.74. The predicted octanol–water partition coefficient (Wildman–Crippen LogP) is 3.52. The van der Waals surface area contributed by atoms with Gasteiger partial charge in [0.05, 0.1) is 27.2 Å². The molecule has 1 atom stereocenters. The Balaban J connectivity index is 1.67. The van der Waals surface area contributed by atoms with Gasteiger partial charge in [0, 0.05) is 20.0 Å². The smallest absolute Gasteiger partial charge is 0.231 e. The summed E-state index contributed by atoms with van der Waals surface area (Å²) in [6.45, 7) is 0.942. The minimum atomic E-state index is -0.745. The van der Waals surface area contributed by atoms with E-state index in [9.17, 15) is 9.59 Å². The first kappa shape index (κ1) is 30.2. The number of nitrogens with one attached hydrogen (secondary N) is 1. The van der Waals surface area contributed by atoms with Gasteiger partial charge < -0.3 is 24.7 Å². The molecule has 0 bridgehead atoms. The van der Waals surface area contributed by atoms with Crippen molar-refractivity contribution in [3.63, 3.8) is 0 Å². The molecule has 0 aliphatic rings. The van der Waals surface area contributed by atoms with Gasteiger partial charge in [-0.3, -0.25) is 14.9 Å². The van der Waals surface area contributed by atoms with Crippen molar-refractivity contribution in [2.45, 2.75) is 31.7 Å². The molecule has 40 heavy (non-hydrogen) atoms. The second-order valence-electron chi connectivity index (χ2n) is 9.09. The largest absolute Gasteiger partial charge is 0.493 e. The van der Waals surface area contributed by atoms with E-state index in [0.717, 1.165) is 16.9 Å². The Morgan fingerprint density at radius 1 is 0.850 bits per heavy atom. The number of nitrogens with zero attached hydrogens (tertiary/aromatic N) is 1. The van der Waals surface area contributed by atoms with Gasteiger partial charge in [-0.15, -0.1) is 0 Å². The highest BCUT2D eigenvalue weighted by Gasteiger charge is 2.20. The standard InChI is InChI=1S/C31H37N3O6/c1-37-16-17-40-25-11-7-10-23(18-25)12-14-27(35)26(19-22-8-5-4-6-9-22)33-31(32)34-30(36)21-24-13-15-28(38-2)29(20-24)39-3/h4-11,13,15,18,20,26H,12,14,16-17,19,21H2,1-3H3,(H3,32,33,34,36)/t26-/m1/s1. The molecule has 9 nitrogen and oxygen atoms in total. The Hall–Kier alpha value is -4.37. The van der Waals surface area contributed by atoms with E-state index in [-0.39, 0.29) is 30.5 Å². The molecule has 0 saturated carbocycles. The Kier molecular flexibility index (Phi) is 12.0. The van der Waals surface area contributed by atoms with Gasteiger partial charge in [0.25, 0.3) is 0 Å². The second kappa shape index (κ2) is 15.9. The van der Waals surface area contributed by atoms with E-state index < -0.39 is 6.04 Å². The molecule has 3 N–H and O–H groups in total. The summed E-state index contributed by atoms with van der Waals surface area (Å²) < 4.78 is 21.2. The maximum absolute atomic E-state index is 13.3. The number of amides is 1. The molecule has 0 aliphatic heterocycles. The van der Waals surface area contributed by atoms with Crippen LogP contribution in [-0.4, -0.2) is 58.2 Å². The van der Waals surface area contributed by atoms with Gasteiger partial charge in [0.2, 0.25) is 5.91 Å². The number of methoxy groups -OCH3 is 3. The number of hydrogen-bond donors (Lipinski definition) is 2. The molecule has 9 heteroatoms. The number of Topliss-reactive ketones (excluding diaryl/α,β-unsaturated/α-hetero) is 1. The highest BCUT2D eigenvalue weighted by molar-refractivity contribution is 5.98. The van der Waals surface area contributed by atoms with Crippen LogP contribution < -0.4 is 25.3 Å². The average molecular weight is 548 g/mol. The third kappa shape index (κ3) is 9.74. The van der Waals surface area contributed by atoms with Crippen LogP contribution >= 0.6 is 0 Å². The fourth-order valence-corrected chi connectivity index (χ4v) is 4.10. The van der Waals surface area contributed by atoms with E-state index in [4.69, 9.17) is 24.7 Å². The first-order valence-corrected chi connectivity index (χ1v) is 13.0. The molecule has 3 aromatic rings. The van der Waals surface area contributed by atoms with Crippen molar-refractivity contribution in [1.29, 1.82) is 0 Å². The highest BCUT2D eigenvalue weighted by atomic mass is 16.5. The molecule has 1 amide bonds. The van der Waals surface area contributed by atoms with Crippen LogP contribution in [0.2, 0.25) is 0 Å². The molecule has 212 valence electrons. The van der Waals surface area contributed by atoms with Crippen molar-refractivity contribution in [1.82, 2.24) is 5.32 Å². The molecule has 3 aromatic carbocycles. The number of nitrogens with two attached hydrogens (primary N) is 1. The number of aryl methyl sites for hydroxylation is 1. The highest BCUT2D eigenvalue weighted by Crippen LogP contribution is 2.27. The number of hydrogen-bond acceptors (Lipinski definition) is 7. The summed E-state index contributed by atoms with van der Waals surface area (Å²) in [6.07, 6.45) is 1.20. The van der Waals surface area contributed by atoms with Crippen LogP contribution in [0.3, 0.4) is 0 Å². The fourth-order valence-electron chi connectivity index (χ4n) is 4.10. The van der Waals surface area contributed by atoms with Crippen LogP contribution in [0.25, 0.3) is 0 Å². The Bertz CT molecular complexity index is 1280. The monoisotopic (exact) mass is 547 g/mol. The van der Waals surface area contributed by atoms with Gasteiger partial charge in [0.1, 0.15) is 18.4 Å². The van der Waals surface area contributed by atoms with E-state index in [1.54, 1.807) is 32.4 Å². The quantitative estimate of drug-likeness (QED) is 0.170. The zero-order chi connectivity index (χ0) is 28.7. The lowest BCUT2D eigenvalue weighted by molar-refractivity contribution is -0.121. The lowest BCUT2D eigenvalue weighted by Gasteiger charge is -2.14. The van der Waals surface area contributed by atoms with Crippen molar-refractivity contribution < 1.29 is 28.5 Å². The summed E-state index contributed by atoms with van der Waals surface area (Å²) in [4.78, 5) is 30.4. The van der Waals surface area contributed by atoms with Crippen molar-refractivity contribution in [3.05, 3.63) is 89.5 Å². The number of benzene rings is 3. The molecular weight excluding hydrogens is 510 g/mol. The van der Waals surface area contributed by atoms with Crippen LogP contribution in [-0.2, 0) is 33.6 Å². The average Bonchev–Trinajstić information content (AvgIpc) is 2.96. The van der Waals surface area contributed by atoms with Crippen LogP contribution in [0.15, 0.2) is 77.8 Å². The maximum atomic E-state index is 13.3. The number of carbonyl (C=O) groups excluding carboxylic acids is 2. The van der Waals surface area contributed by atoms with E-state index >= 15 is 0 Å². The molecule has 0 saturated heterocycles. The van der Waals surface area contributed by atoms with E-state index in [0.29, 0.717) is 43.1 Å². The minimum Gasteiger partial charge on any atom is -0.493 e. The Morgan fingerprint density at radius 2 is 1.60 bits per heavy atom. The first-order chi connectivity index (χ1) is 19.4. The summed E-state index contributed by atoms with van der Waals surface area (Å²) in [5.74, 6) is 1.28. The van der Waals surface area contributed by atoms with Crippen molar-refractivity contribution in [2.24, 2.45) is 10.7 Å². The van der Waals surface area contributed by atoms with Crippen LogP contribution in [0.4, 0.5) is 0 Å². The van der Waals surface area contributed by atoms with Gasteiger partial charge in [-0.25, -0.2) is 4.99 Å². The SMILES string of the molecule is COCCOc1cccc(CCC(=O)[C@@H](Cc2ccccc2)N=C(N)NC(=O)Cc2ccc(OC)c(OC)c2)c1. The Labute approximate surface area is 235 Å². The summed E-state index contributed by atoms with van der Waals surface area (Å²) >= 11 is 0. The molecule has 0 aliphatic carbocycles. The number of carbonyl (C=O) groups is 2. The topological polar surface area (TPSA) is 121 Å². The van der Waals surface area contributed by atoms with Crippen molar-refractivity contribution in [2.75, 3.05) is 34.5 Å². The molecule has 0 unspecified atom stereocenters. The van der Waals surface area contributed by atoms with Gasteiger partial charge in [-0.2, -0.15) is 0 Å². The molecular formula is C31H37N3O6. The van der Waals surface area contributed by atoms with Crippen molar-refractivity contribution >= 4 is 17.6 Å². The summed E-state index contributed by atoms with van der Waals surface area (Å²) in [7, 11) is 4.70. The third-order valence-corrected chi connectivity index (χ3v) is 6.13. The zero-order valence-corrected chi connectivity index (χ0v) is 23.2. The maximum Gasteiger partial charge on any atom is 0.231 e. The second-order valence-corrected chi connectivity index (χ2v) is 9.09. The van der Waals surface area contributed by atoms with Crippen LogP contribution in [0.1, 0.15) is 23.1 Å². The summed E-state index contributed by atoms with van der Waals surface area (Å²) in [6, 6.07) is 21.7. The molecule has 0 fully saturated rings. The van der Waals surface area contributed by atoms with Crippen LogP contribution in [0.5, 0.6) is 17.2 Å². The van der Waals surface area contributed by atoms with Gasteiger partial charge in [0.15, 0.2) is 23.2 Å². The van der Waals surface area contributed by atoms with Crippen molar-refractivity contribution in [3.8, 4) is 17.2 Å². The number of ketones is 1. The van der Waals surface area contributed by atoms with E-state index in [1.807, 2.05) is 54.6 Å². The van der Waals surface area contributed by atoms with Crippen LogP contribution in [0, 0.1) is 0 Å². The third-order valence-electron chi connectivity index (χ3n) is 6.13. The lowest BCUT2D eigenvalue weighted by Crippen LogP contribution is -2.40. The number of guanidine groups is 1. The zero-order valence-electron chi connectivity index (χ0n) is 23.2. The normalized spacial score (nSPS) is 11.9. The molecule has 0 aromatic heterocycles. The molecule has 0 spiro atoms. The van der Waals surface area contributed by atoms with Gasteiger partial charge in [-0.05, 0) is 47.4 Å². The predicted molar refractivity (Wildman–Crippen MR) is 154 cm³/mol. The first-order valence-electron chi connectivity index (χ1n) is 13.0. The molecule has 0 heterocycles. The number of ether oxygens (including phenoxy) is 4. The van der Waals surface area contributed by atoms with E-state index in [1.165, 1.54) is 7.11 Å². The molecule has 3 rings (SSSR count). The number of aliphatic imine (C=N–C) groups is 1. The lowest BCUT2D eigenvalue weighted by atomic mass is 9.98. The van der Waals surface area contributed by atoms with E-state index in [2.05, 4.69) is 10.3 Å². The minimum absolute atomic E-state index is 0.0522. The Morgan fingerprint density at radius 3 is 2.33 bits per heavy atom. The molecule has 0 radical (unpaired) electrons.